The van der Waals surface area contributed by atoms with Crippen LogP contribution in [0.25, 0.3) is 0 Å². The van der Waals surface area contributed by atoms with Gasteiger partial charge in [0.05, 0.1) is 5.92 Å². The fraction of sp³-hybridized carbons (Fsp3) is 0.462. The summed E-state index contributed by atoms with van der Waals surface area (Å²) < 4.78 is 0. The van der Waals surface area contributed by atoms with E-state index < -0.39 is 0 Å². The highest BCUT2D eigenvalue weighted by Crippen LogP contribution is 2.33. The van der Waals surface area contributed by atoms with E-state index in [-0.39, 0.29) is 11.8 Å². The number of nitrogens with one attached hydrogen (secondary N) is 2. The van der Waals surface area contributed by atoms with Crippen LogP contribution in [0.1, 0.15) is 24.8 Å². The number of hydrogen-bond donors (Lipinski definition) is 2. The van der Waals surface area contributed by atoms with Crippen molar-refractivity contribution in [1.82, 2.24) is 5.32 Å². The van der Waals surface area contributed by atoms with E-state index in [9.17, 15) is 4.79 Å². The number of hydrogen-bond acceptors (Lipinski definition) is 2. The highest BCUT2D eigenvalue weighted by molar-refractivity contribution is 5.88. The zero-order valence-corrected chi connectivity index (χ0v) is 9.36. The minimum atomic E-state index is -0.0102. The monoisotopic (exact) mass is 216 g/mol. The Hall–Kier alpha value is -1.51. The Labute approximate surface area is 95.2 Å². The molecule has 1 fully saturated rings. The Balaban J connectivity index is 1.74. The first-order valence-electron chi connectivity index (χ1n) is 5.89. The number of rotatable bonds is 2. The molecule has 16 heavy (non-hydrogen) atoms. The Morgan fingerprint density at radius 1 is 1.44 bits per heavy atom. The van der Waals surface area contributed by atoms with E-state index in [0.717, 1.165) is 24.2 Å². The van der Waals surface area contributed by atoms with Gasteiger partial charge in [-0.2, -0.15) is 0 Å². The van der Waals surface area contributed by atoms with Crippen LogP contribution in [0, 0.1) is 5.92 Å². The summed E-state index contributed by atoms with van der Waals surface area (Å²) in [4.78, 5) is 12.1. The van der Waals surface area contributed by atoms with Crippen LogP contribution in [0.2, 0.25) is 0 Å². The molecule has 1 amide bonds. The van der Waals surface area contributed by atoms with Crippen molar-refractivity contribution in [2.24, 2.45) is 5.92 Å². The molecule has 1 aromatic carbocycles. The summed E-state index contributed by atoms with van der Waals surface area (Å²) in [7, 11) is 0. The SMILES string of the molecule is CC1CC1NC(=O)C1CNc2ccccc21. The number of para-hydroxylation sites is 1. The largest absolute Gasteiger partial charge is 0.384 e. The average Bonchev–Trinajstić information content (AvgIpc) is 2.82. The van der Waals surface area contributed by atoms with Crippen LogP contribution < -0.4 is 10.6 Å². The van der Waals surface area contributed by atoms with Crippen molar-refractivity contribution >= 4 is 11.6 Å². The maximum Gasteiger partial charge on any atom is 0.229 e. The molecule has 3 nitrogen and oxygen atoms in total. The highest BCUT2D eigenvalue weighted by Gasteiger charge is 2.37. The first-order chi connectivity index (χ1) is 7.75. The maximum atomic E-state index is 12.1. The van der Waals surface area contributed by atoms with Crippen LogP contribution in [-0.4, -0.2) is 18.5 Å². The third-order valence-electron chi connectivity index (χ3n) is 3.59. The third kappa shape index (κ3) is 1.56. The van der Waals surface area contributed by atoms with E-state index in [2.05, 4.69) is 17.6 Å². The predicted octanol–water partition coefficient (Wildman–Crippen LogP) is 1.72. The number of benzene rings is 1. The number of anilines is 1. The van der Waals surface area contributed by atoms with Crippen LogP contribution in [0.15, 0.2) is 24.3 Å². The molecular formula is C13H16N2O. The van der Waals surface area contributed by atoms with Gasteiger partial charge in [-0.3, -0.25) is 4.79 Å². The van der Waals surface area contributed by atoms with E-state index in [1.807, 2.05) is 24.3 Å². The summed E-state index contributed by atoms with van der Waals surface area (Å²) >= 11 is 0. The minimum absolute atomic E-state index is 0.0102. The number of fused-ring (bicyclic) bond motifs is 1. The lowest BCUT2D eigenvalue weighted by Crippen LogP contribution is -2.32. The second-order valence-electron chi connectivity index (χ2n) is 4.85. The van der Waals surface area contributed by atoms with E-state index in [4.69, 9.17) is 0 Å². The summed E-state index contributed by atoms with van der Waals surface area (Å²) in [6.07, 6.45) is 1.13. The molecule has 2 N–H and O–H groups in total. The minimum Gasteiger partial charge on any atom is -0.384 e. The van der Waals surface area contributed by atoms with Gasteiger partial charge in [-0.15, -0.1) is 0 Å². The molecule has 0 spiro atoms. The molecule has 0 saturated heterocycles. The normalized spacial score (nSPS) is 30.4. The van der Waals surface area contributed by atoms with Crippen LogP contribution in [0.4, 0.5) is 5.69 Å². The van der Waals surface area contributed by atoms with Gasteiger partial charge >= 0.3 is 0 Å². The summed E-state index contributed by atoms with van der Waals surface area (Å²) in [5.41, 5.74) is 2.24. The lowest BCUT2D eigenvalue weighted by atomic mass is 10.0. The molecule has 0 bridgehead atoms. The van der Waals surface area contributed by atoms with Gasteiger partial charge in [0.25, 0.3) is 0 Å². The molecule has 3 rings (SSSR count). The molecule has 1 aromatic rings. The van der Waals surface area contributed by atoms with Crippen molar-refractivity contribution in [2.75, 3.05) is 11.9 Å². The van der Waals surface area contributed by atoms with Crippen molar-refractivity contribution in [1.29, 1.82) is 0 Å². The van der Waals surface area contributed by atoms with Crippen molar-refractivity contribution in [3.05, 3.63) is 29.8 Å². The topological polar surface area (TPSA) is 41.1 Å². The Morgan fingerprint density at radius 3 is 2.94 bits per heavy atom. The van der Waals surface area contributed by atoms with Gasteiger partial charge in [0.2, 0.25) is 5.91 Å². The molecule has 1 aliphatic heterocycles. The summed E-state index contributed by atoms with van der Waals surface area (Å²) in [6.45, 7) is 2.90. The van der Waals surface area contributed by atoms with Crippen molar-refractivity contribution in [3.63, 3.8) is 0 Å². The number of carbonyl (C=O) groups excluding carboxylic acids is 1. The lowest BCUT2D eigenvalue weighted by Gasteiger charge is -2.10. The van der Waals surface area contributed by atoms with Crippen molar-refractivity contribution < 1.29 is 4.79 Å². The van der Waals surface area contributed by atoms with E-state index in [0.29, 0.717) is 12.0 Å². The van der Waals surface area contributed by atoms with Crippen LogP contribution >= 0.6 is 0 Å². The fourth-order valence-electron chi connectivity index (χ4n) is 2.32. The summed E-state index contributed by atoms with van der Waals surface area (Å²) in [5, 5.41) is 6.38. The maximum absolute atomic E-state index is 12.1. The van der Waals surface area contributed by atoms with Crippen LogP contribution in [-0.2, 0) is 4.79 Å². The first kappa shape index (κ1) is 9.70. The Kier molecular flexibility index (Phi) is 2.13. The average molecular weight is 216 g/mol. The molecular weight excluding hydrogens is 200 g/mol. The van der Waals surface area contributed by atoms with E-state index in [1.54, 1.807) is 0 Å². The molecule has 0 radical (unpaired) electrons. The molecule has 3 heteroatoms. The van der Waals surface area contributed by atoms with Gasteiger partial charge < -0.3 is 10.6 Å². The molecule has 3 unspecified atom stereocenters. The Morgan fingerprint density at radius 2 is 2.19 bits per heavy atom. The zero-order chi connectivity index (χ0) is 11.1. The van der Waals surface area contributed by atoms with Gasteiger partial charge in [0.1, 0.15) is 0 Å². The quantitative estimate of drug-likeness (QED) is 0.790. The number of amides is 1. The highest BCUT2D eigenvalue weighted by atomic mass is 16.2. The molecule has 84 valence electrons. The van der Waals surface area contributed by atoms with Crippen LogP contribution in [0.3, 0.4) is 0 Å². The molecule has 1 heterocycles. The van der Waals surface area contributed by atoms with Gasteiger partial charge in [0, 0.05) is 18.3 Å². The summed E-state index contributed by atoms with van der Waals surface area (Å²) in [6, 6.07) is 8.47. The van der Waals surface area contributed by atoms with E-state index in [1.165, 1.54) is 0 Å². The smallest absolute Gasteiger partial charge is 0.229 e. The molecule has 1 aliphatic carbocycles. The molecule has 1 saturated carbocycles. The fourth-order valence-corrected chi connectivity index (χ4v) is 2.32. The van der Waals surface area contributed by atoms with Crippen molar-refractivity contribution in [2.45, 2.75) is 25.3 Å². The van der Waals surface area contributed by atoms with E-state index >= 15 is 0 Å². The van der Waals surface area contributed by atoms with Gasteiger partial charge in [-0.05, 0) is 24.0 Å². The predicted molar refractivity (Wildman–Crippen MR) is 63.4 cm³/mol. The zero-order valence-electron chi connectivity index (χ0n) is 9.36. The molecule has 0 aromatic heterocycles. The summed E-state index contributed by atoms with van der Waals surface area (Å²) in [5.74, 6) is 0.823. The van der Waals surface area contributed by atoms with Crippen LogP contribution in [0.5, 0.6) is 0 Å². The van der Waals surface area contributed by atoms with Gasteiger partial charge in [0.15, 0.2) is 0 Å². The second-order valence-corrected chi connectivity index (χ2v) is 4.85. The first-order valence-corrected chi connectivity index (χ1v) is 5.89. The third-order valence-corrected chi connectivity index (χ3v) is 3.59. The standard InChI is InChI=1S/C13H16N2O/c1-8-6-12(8)15-13(16)10-7-14-11-5-3-2-4-9(10)11/h2-5,8,10,12,14H,6-7H2,1H3,(H,15,16). The second kappa shape index (κ2) is 3.51. The van der Waals surface area contributed by atoms with Crippen molar-refractivity contribution in [3.8, 4) is 0 Å². The molecule has 3 atom stereocenters. The molecule has 2 aliphatic rings. The van der Waals surface area contributed by atoms with Gasteiger partial charge in [-0.25, -0.2) is 0 Å². The number of carbonyl (C=O) groups is 1. The Bertz CT molecular complexity index is 430. The van der Waals surface area contributed by atoms with Gasteiger partial charge in [-0.1, -0.05) is 25.1 Å². The lowest BCUT2D eigenvalue weighted by molar-refractivity contribution is -0.122.